The molecule has 1 aromatic carbocycles. The largest absolute Gasteiger partial charge is 0.368 e. The zero-order valence-electron chi connectivity index (χ0n) is 11.5. The van der Waals surface area contributed by atoms with Crippen LogP contribution in [0.1, 0.15) is 11.9 Å². The van der Waals surface area contributed by atoms with E-state index in [2.05, 4.69) is 19.9 Å². The Morgan fingerprint density at radius 3 is 2.70 bits per heavy atom. The van der Waals surface area contributed by atoms with Crippen LogP contribution in [0.25, 0.3) is 0 Å². The molecule has 3 rings (SSSR count). The van der Waals surface area contributed by atoms with Crippen LogP contribution >= 0.6 is 34.9 Å². The fourth-order valence-electron chi connectivity index (χ4n) is 1.72. The van der Waals surface area contributed by atoms with E-state index in [1.54, 1.807) is 12.1 Å². The van der Waals surface area contributed by atoms with Gasteiger partial charge >= 0.3 is 0 Å². The summed E-state index contributed by atoms with van der Waals surface area (Å²) in [5.74, 6) is -0.584. The number of hydrogen-bond acceptors (Lipinski definition) is 7. The van der Waals surface area contributed by atoms with E-state index in [1.165, 1.54) is 41.6 Å². The van der Waals surface area contributed by atoms with Crippen molar-refractivity contribution < 1.29 is 9.50 Å². The summed E-state index contributed by atoms with van der Waals surface area (Å²) in [5, 5.41) is 17.7. The summed E-state index contributed by atoms with van der Waals surface area (Å²) in [6, 6.07) is 10.0. The first-order valence-corrected chi connectivity index (χ1v) is 8.40. The molecule has 9 heteroatoms. The van der Waals surface area contributed by atoms with Gasteiger partial charge in [0.05, 0.1) is 11.9 Å². The van der Waals surface area contributed by atoms with Crippen LogP contribution in [0.3, 0.4) is 0 Å². The number of aliphatic hydroxyl groups is 1. The minimum Gasteiger partial charge on any atom is -0.368 e. The second kappa shape index (κ2) is 7.22. The lowest BCUT2D eigenvalue weighted by Crippen LogP contribution is -2.11. The van der Waals surface area contributed by atoms with Gasteiger partial charge in [0, 0.05) is 9.92 Å². The maximum atomic E-state index is 12.8. The van der Waals surface area contributed by atoms with Gasteiger partial charge in [0.15, 0.2) is 6.23 Å². The van der Waals surface area contributed by atoms with E-state index in [9.17, 15) is 9.50 Å². The van der Waals surface area contributed by atoms with Gasteiger partial charge in [0.25, 0.3) is 0 Å². The van der Waals surface area contributed by atoms with Crippen LogP contribution < -0.4 is 5.32 Å². The summed E-state index contributed by atoms with van der Waals surface area (Å²) >= 11 is 8.48. The van der Waals surface area contributed by atoms with Crippen LogP contribution in [0.5, 0.6) is 0 Å². The number of nitrogens with zero attached hydrogens (tertiary/aromatic N) is 3. The maximum Gasteiger partial charge on any atom is 0.212 e. The van der Waals surface area contributed by atoms with Gasteiger partial charge in [0.2, 0.25) is 5.95 Å². The molecule has 0 fully saturated rings. The molecule has 0 saturated heterocycles. The molecule has 0 aliphatic heterocycles. The van der Waals surface area contributed by atoms with Crippen LogP contribution in [0.15, 0.2) is 51.7 Å². The van der Waals surface area contributed by atoms with Crippen LogP contribution in [-0.2, 0) is 0 Å². The Labute approximate surface area is 144 Å². The molecule has 2 N–H and O–H groups in total. The molecular formula is C14H10ClFN4OS2. The van der Waals surface area contributed by atoms with E-state index in [4.69, 9.17) is 11.6 Å². The number of rotatable bonds is 5. The number of aliphatic hydroxyl groups excluding tert-OH is 1. The van der Waals surface area contributed by atoms with E-state index in [-0.39, 0.29) is 0 Å². The van der Waals surface area contributed by atoms with Crippen LogP contribution in [0, 0.1) is 5.95 Å². The Kier molecular flexibility index (Phi) is 5.06. The van der Waals surface area contributed by atoms with Crippen molar-refractivity contribution in [2.75, 3.05) is 5.32 Å². The monoisotopic (exact) mass is 368 g/mol. The van der Waals surface area contributed by atoms with Crippen molar-refractivity contribution in [1.29, 1.82) is 0 Å². The quantitative estimate of drug-likeness (QED) is 0.524. The maximum absolute atomic E-state index is 12.8. The fraction of sp³-hybridized carbons (Fsp3) is 0.0714. The summed E-state index contributed by atoms with van der Waals surface area (Å²) in [6.45, 7) is 0. The summed E-state index contributed by atoms with van der Waals surface area (Å²) in [7, 11) is 0. The van der Waals surface area contributed by atoms with Gasteiger partial charge in [-0.2, -0.15) is 4.39 Å². The molecular weight excluding hydrogens is 359 g/mol. The second-order valence-electron chi connectivity index (χ2n) is 4.42. The van der Waals surface area contributed by atoms with Crippen LogP contribution in [0.4, 0.5) is 10.1 Å². The molecule has 0 spiro atoms. The molecule has 23 heavy (non-hydrogen) atoms. The van der Waals surface area contributed by atoms with Crippen molar-refractivity contribution >= 4 is 40.6 Å². The lowest BCUT2D eigenvalue weighted by Gasteiger charge is -2.12. The highest BCUT2D eigenvalue weighted by atomic mass is 35.5. The Bertz CT molecular complexity index is 782. The first-order chi connectivity index (χ1) is 11.1. The smallest absolute Gasteiger partial charge is 0.212 e. The van der Waals surface area contributed by atoms with E-state index in [1.807, 2.05) is 12.1 Å². The Morgan fingerprint density at radius 1 is 1.22 bits per heavy atom. The zero-order chi connectivity index (χ0) is 16.2. The lowest BCUT2D eigenvalue weighted by molar-refractivity contribution is 0.200. The molecule has 0 amide bonds. The van der Waals surface area contributed by atoms with Crippen molar-refractivity contribution in [3.05, 3.63) is 59.3 Å². The van der Waals surface area contributed by atoms with E-state index >= 15 is 0 Å². The molecule has 0 saturated carbocycles. The van der Waals surface area contributed by atoms with Crippen molar-refractivity contribution in [2.45, 2.75) is 15.3 Å². The van der Waals surface area contributed by atoms with Crippen molar-refractivity contribution in [2.24, 2.45) is 0 Å². The SMILES string of the molecule is OC(Nc1ccc(F)nc1)c1nnsc1Sc1ccc(Cl)cc1. The van der Waals surface area contributed by atoms with Gasteiger partial charge in [-0.25, -0.2) is 4.98 Å². The normalized spacial score (nSPS) is 12.1. The van der Waals surface area contributed by atoms with Crippen molar-refractivity contribution in [3.8, 4) is 0 Å². The fourth-order valence-corrected chi connectivity index (χ4v) is 3.58. The summed E-state index contributed by atoms with van der Waals surface area (Å²) in [4.78, 5) is 4.48. The molecule has 5 nitrogen and oxygen atoms in total. The van der Waals surface area contributed by atoms with Gasteiger partial charge < -0.3 is 10.4 Å². The summed E-state index contributed by atoms with van der Waals surface area (Å²) < 4.78 is 17.4. The standard InChI is InChI=1S/C14H10ClFN4OS2/c15-8-1-4-10(5-2-8)22-14-12(19-20-23-14)13(21)18-9-3-6-11(16)17-7-9/h1-7,13,18,21H. The van der Waals surface area contributed by atoms with Gasteiger partial charge in [-0.05, 0) is 47.9 Å². The van der Waals surface area contributed by atoms with E-state index < -0.39 is 12.2 Å². The Morgan fingerprint density at radius 2 is 2.00 bits per heavy atom. The number of benzene rings is 1. The molecule has 2 heterocycles. The Balaban J connectivity index is 1.74. The van der Waals surface area contributed by atoms with Crippen molar-refractivity contribution in [1.82, 2.24) is 14.6 Å². The molecule has 0 aliphatic rings. The molecule has 0 bridgehead atoms. The van der Waals surface area contributed by atoms with Crippen molar-refractivity contribution in [3.63, 3.8) is 0 Å². The molecule has 1 unspecified atom stereocenters. The van der Waals surface area contributed by atoms with Gasteiger partial charge in [0.1, 0.15) is 9.90 Å². The number of nitrogens with one attached hydrogen (secondary N) is 1. The predicted octanol–water partition coefficient (Wildman–Crippen LogP) is 3.98. The summed E-state index contributed by atoms with van der Waals surface area (Å²) in [6.07, 6.45) is 0.223. The molecule has 3 aromatic rings. The highest BCUT2D eigenvalue weighted by Crippen LogP contribution is 2.35. The first kappa shape index (κ1) is 16.1. The van der Waals surface area contributed by atoms with Crippen LogP contribution in [0.2, 0.25) is 5.02 Å². The van der Waals surface area contributed by atoms with Gasteiger partial charge in [-0.3, -0.25) is 0 Å². The lowest BCUT2D eigenvalue weighted by atomic mass is 10.3. The molecule has 1 atom stereocenters. The molecule has 2 aromatic heterocycles. The third kappa shape index (κ3) is 4.17. The minimum atomic E-state index is -1.07. The average Bonchev–Trinajstić information content (AvgIpc) is 3.00. The highest BCUT2D eigenvalue weighted by Gasteiger charge is 2.18. The minimum absolute atomic E-state index is 0.402. The molecule has 0 aliphatic carbocycles. The van der Waals surface area contributed by atoms with E-state index in [0.717, 1.165) is 9.10 Å². The molecule has 118 valence electrons. The van der Waals surface area contributed by atoms with Gasteiger partial charge in [-0.1, -0.05) is 27.9 Å². The average molecular weight is 369 g/mol. The van der Waals surface area contributed by atoms with Crippen LogP contribution in [-0.4, -0.2) is 19.7 Å². The number of halogens is 2. The zero-order valence-corrected chi connectivity index (χ0v) is 13.9. The third-order valence-electron chi connectivity index (χ3n) is 2.80. The number of hydrogen-bond donors (Lipinski definition) is 2. The molecule has 0 radical (unpaired) electrons. The second-order valence-corrected chi connectivity index (χ2v) is 6.95. The number of aromatic nitrogens is 3. The Hall–Kier alpha value is -1.74. The first-order valence-electron chi connectivity index (χ1n) is 6.43. The highest BCUT2D eigenvalue weighted by molar-refractivity contribution is 8.01. The number of anilines is 1. The third-order valence-corrected chi connectivity index (χ3v) is 4.96. The van der Waals surface area contributed by atoms with Gasteiger partial charge in [-0.15, -0.1) is 5.10 Å². The number of pyridine rings is 1. The predicted molar refractivity (Wildman–Crippen MR) is 88.3 cm³/mol. The summed E-state index contributed by atoms with van der Waals surface area (Å²) in [5.41, 5.74) is 0.883. The van der Waals surface area contributed by atoms with E-state index in [0.29, 0.717) is 16.4 Å². The topological polar surface area (TPSA) is 70.9 Å².